The Morgan fingerprint density at radius 1 is 1.10 bits per heavy atom. The van der Waals surface area contributed by atoms with Gasteiger partial charge in [0.25, 0.3) is 5.91 Å². The predicted octanol–water partition coefficient (Wildman–Crippen LogP) is 4.12. The Bertz CT molecular complexity index is 950. The van der Waals surface area contributed by atoms with Crippen LogP contribution >= 0.6 is 0 Å². The zero-order chi connectivity index (χ0) is 21.3. The molecule has 30 heavy (non-hydrogen) atoms. The highest BCUT2D eigenvalue weighted by atomic mass is 19.3. The Kier molecular flexibility index (Phi) is 5.70. The highest BCUT2D eigenvalue weighted by Crippen LogP contribution is 2.34. The molecule has 0 aromatic heterocycles. The predicted molar refractivity (Wildman–Crippen MR) is 109 cm³/mol. The van der Waals surface area contributed by atoms with Crippen LogP contribution in [0.3, 0.4) is 0 Å². The van der Waals surface area contributed by atoms with E-state index in [9.17, 15) is 18.4 Å². The van der Waals surface area contributed by atoms with Crippen LogP contribution in [0.25, 0.3) is 0 Å². The first-order chi connectivity index (χ1) is 14.5. The van der Waals surface area contributed by atoms with Gasteiger partial charge >= 0.3 is 6.61 Å². The minimum Gasteiger partial charge on any atom is -0.434 e. The summed E-state index contributed by atoms with van der Waals surface area (Å²) < 4.78 is 29.9. The smallest absolute Gasteiger partial charge is 0.387 e. The number of carbonyl (C=O) groups is 2. The van der Waals surface area contributed by atoms with Crippen LogP contribution in [0.4, 0.5) is 14.5 Å². The number of para-hydroxylation sites is 2. The van der Waals surface area contributed by atoms with E-state index in [1.54, 1.807) is 17.0 Å². The summed E-state index contributed by atoms with van der Waals surface area (Å²) in [6.07, 6.45) is 2.20. The summed E-state index contributed by atoms with van der Waals surface area (Å²) in [4.78, 5) is 29.8. The molecule has 0 aliphatic carbocycles. The normalized spacial score (nSPS) is 20.9. The number of anilines is 1. The third-order valence-electron chi connectivity index (χ3n) is 5.84. The van der Waals surface area contributed by atoms with E-state index in [2.05, 4.69) is 4.74 Å². The highest BCUT2D eigenvalue weighted by molar-refractivity contribution is 6.00. The van der Waals surface area contributed by atoms with Gasteiger partial charge in [-0.05, 0) is 49.9 Å². The number of nitrogens with zero attached hydrogens (tertiary/aromatic N) is 2. The number of amides is 2. The van der Waals surface area contributed by atoms with Crippen molar-refractivity contribution in [3.8, 4) is 5.75 Å². The average Bonchev–Trinajstić information content (AvgIpc) is 3.08. The largest absolute Gasteiger partial charge is 0.434 e. The minimum absolute atomic E-state index is 0.0158. The second kappa shape index (κ2) is 8.42. The van der Waals surface area contributed by atoms with Crippen LogP contribution in [0.5, 0.6) is 5.75 Å². The highest BCUT2D eigenvalue weighted by Gasteiger charge is 2.37. The summed E-state index contributed by atoms with van der Waals surface area (Å²) in [7, 11) is 0. The fourth-order valence-electron chi connectivity index (χ4n) is 4.47. The van der Waals surface area contributed by atoms with E-state index in [4.69, 9.17) is 0 Å². The molecule has 158 valence electrons. The lowest BCUT2D eigenvalue weighted by Crippen LogP contribution is -2.48. The van der Waals surface area contributed by atoms with Crippen molar-refractivity contribution in [3.05, 3.63) is 59.7 Å². The molecule has 1 fully saturated rings. The molecule has 7 heteroatoms. The monoisotopic (exact) mass is 414 g/mol. The van der Waals surface area contributed by atoms with Gasteiger partial charge < -0.3 is 14.5 Å². The summed E-state index contributed by atoms with van der Waals surface area (Å²) in [5, 5.41) is 0. The van der Waals surface area contributed by atoms with Gasteiger partial charge in [-0.15, -0.1) is 0 Å². The molecule has 0 N–H and O–H groups in total. The number of carbonyl (C=O) groups excluding carboxylic acids is 2. The van der Waals surface area contributed by atoms with E-state index in [1.165, 1.54) is 12.1 Å². The first-order valence-electron chi connectivity index (χ1n) is 10.2. The van der Waals surface area contributed by atoms with E-state index in [1.807, 2.05) is 36.1 Å². The molecule has 2 aromatic rings. The lowest BCUT2D eigenvalue weighted by atomic mass is 9.95. The molecule has 5 nitrogen and oxygen atoms in total. The molecular weight excluding hydrogens is 390 g/mol. The van der Waals surface area contributed by atoms with Gasteiger partial charge in [-0.1, -0.05) is 30.3 Å². The van der Waals surface area contributed by atoms with E-state index in [0.717, 1.165) is 17.7 Å². The molecule has 0 radical (unpaired) electrons. The molecule has 2 atom stereocenters. The van der Waals surface area contributed by atoms with Crippen molar-refractivity contribution >= 4 is 17.5 Å². The maximum absolute atomic E-state index is 13.4. The molecule has 0 bridgehead atoms. The number of fused-ring (bicyclic) bond motifs is 1. The van der Waals surface area contributed by atoms with Crippen molar-refractivity contribution in [1.29, 1.82) is 0 Å². The number of benzene rings is 2. The summed E-state index contributed by atoms with van der Waals surface area (Å²) >= 11 is 0. The molecule has 4 rings (SSSR count). The first kappa shape index (κ1) is 20.3. The Labute approximate surface area is 174 Å². The van der Waals surface area contributed by atoms with Crippen molar-refractivity contribution in [2.75, 3.05) is 18.0 Å². The number of halogens is 2. The number of hydrogen-bond acceptors (Lipinski definition) is 3. The van der Waals surface area contributed by atoms with Gasteiger partial charge in [0.05, 0.1) is 11.5 Å². The topological polar surface area (TPSA) is 49.9 Å². The van der Waals surface area contributed by atoms with Gasteiger partial charge in [-0.2, -0.15) is 8.78 Å². The second-order valence-electron chi connectivity index (χ2n) is 7.86. The Morgan fingerprint density at radius 2 is 1.83 bits per heavy atom. The number of alkyl halides is 2. The third-order valence-corrected chi connectivity index (χ3v) is 5.84. The Hall–Kier alpha value is -2.96. The number of hydrogen-bond donors (Lipinski definition) is 0. The quantitative estimate of drug-likeness (QED) is 0.756. The molecule has 2 aliphatic heterocycles. The number of rotatable bonds is 4. The number of piperidine rings is 1. The van der Waals surface area contributed by atoms with Gasteiger partial charge in [0.2, 0.25) is 5.91 Å². The molecule has 2 heterocycles. The fraction of sp³-hybridized carbons (Fsp3) is 0.391. The molecular formula is C23H24F2N2O3. The summed E-state index contributed by atoms with van der Waals surface area (Å²) in [6, 6.07) is 14.0. The minimum atomic E-state index is -3.01. The van der Waals surface area contributed by atoms with Gasteiger partial charge in [0.15, 0.2) is 0 Å². The molecule has 0 unspecified atom stereocenters. The maximum Gasteiger partial charge on any atom is 0.387 e. The summed E-state index contributed by atoms with van der Waals surface area (Å²) in [6.45, 7) is -0.225. The van der Waals surface area contributed by atoms with E-state index < -0.39 is 12.5 Å². The molecule has 2 aromatic carbocycles. The van der Waals surface area contributed by atoms with Crippen LogP contribution in [0.15, 0.2) is 48.5 Å². The van der Waals surface area contributed by atoms with E-state index in [0.29, 0.717) is 19.4 Å². The first-order valence-corrected chi connectivity index (χ1v) is 10.2. The van der Waals surface area contributed by atoms with Crippen molar-refractivity contribution in [2.24, 2.45) is 5.92 Å². The molecule has 2 amide bonds. The Morgan fingerprint density at radius 3 is 2.63 bits per heavy atom. The van der Waals surface area contributed by atoms with E-state index in [-0.39, 0.29) is 35.7 Å². The molecule has 1 saturated heterocycles. The van der Waals surface area contributed by atoms with Crippen molar-refractivity contribution in [3.63, 3.8) is 0 Å². The molecule has 2 aliphatic rings. The van der Waals surface area contributed by atoms with Gasteiger partial charge in [-0.3, -0.25) is 9.59 Å². The van der Waals surface area contributed by atoms with Crippen LogP contribution in [0.2, 0.25) is 0 Å². The maximum atomic E-state index is 13.4. The molecule has 0 saturated carbocycles. The van der Waals surface area contributed by atoms with Crippen LogP contribution in [0, 0.1) is 5.92 Å². The van der Waals surface area contributed by atoms with Gasteiger partial charge in [-0.25, -0.2) is 0 Å². The number of ether oxygens (including phenoxy) is 1. The average molecular weight is 414 g/mol. The zero-order valence-corrected chi connectivity index (χ0v) is 16.8. The van der Waals surface area contributed by atoms with Crippen LogP contribution < -0.4 is 9.64 Å². The second-order valence-corrected chi connectivity index (χ2v) is 7.86. The Balaban J connectivity index is 1.52. The van der Waals surface area contributed by atoms with Gasteiger partial charge in [0.1, 0.15) is 5.75 Å². The number of likely N-dealkylation sites (tertiary alicyclic amines) is 1. The van der Waals surface area contributed by atoms with Crippen LogP contribution in [-0.2, 0) is 11.2 Å². The lowest BCUT2D eigenvalue weighted by molar-refractivity contribution is -0.124. The van der Waals surface area contributed by atoms with Gasteiger partial charge in [0, 0.05) is 24.8 Å². The standard InChI is InChI=1S/C23H24F2N2O3/c1-15-13-16-7-2-4-10-19(16)27(15)21(28)17-8-6-12-26(14-17)22(29)18-9-3-5-11-20(18)30-23(24)25/h2-5,7,9-11,15,17,23H,6,8,12-14H2,1H3/t15-,17-/m1/s1. The molecule has 0 spiro atoms. The van der Waals surface area contributed by atoms with E-state index >= 15 is 0 Å². The van der Waals surface area contributed by atoms with Crippen molar-refractivity contribution < 1.29 is 23.1 Å². The summed E-state index contributed by atoms with van der Waals surface area (Å²) in [5.74, 6) is -0.840. The zero-order valence-electron chi connectivity index (χ0n) is 16.8. The SMILES string of the molecule is C[C@@H]1Cc2ccccc2N1C(=O)[C@@H]1CCCN(C(=O)c2ccccc2OC(F)F)C1. The third kappa shape index (κ3) is 3.88. The van der Waals surface area contributed by atoms with Crippen molar-refractivity contribution in [2.45, 2.75) is 38.8 Å². The fourth-order valence-corrected chi connectivity index (χ4v) is 4.47. The lowest BCUT2D eigenvalue weighted by Gasteiger charge is -2.35. The van der Waals surface area contributed by atoms with Crippen LogP contribution in [-0.4, -0.2) is 42.5 Å². The summed E-state index contributed by atoms with van der Waals surface area (Å²) in [5.41, 5.74) is 2.18. The van der Waals surface area contributed by atoms with Crippen molar-refractivity contribution in [1.82, 2.24) is 4.90 Å². The van der Waals surface area contributed by atoms with Crippen LogP contribution in [0.1, 0.15) is 35.7 Å².